The van der Waals surface area contributed by atoms with Crippen LogP contribution in [0.4, 0.5) is 22.8 Å². The molecule has 1 saturated heterocycles. The fraction of sp³-hybridized carbons (Fsp3) is 0.529. The zero-order chi connectivity index (χ0) is 19.2. The maximum atomic E-state index is 13.0. The average molecular weight is 372 g/mol. The first kappa shape index (κ1) is 19.9. The molecule has 0 spiro atoms. The number of carbonyl (C=O) groups excluding carboxylic acids is 2. The molecule has 0 bridgehead atoms. The molecule has 1 aliphatic rings. The van der Waals surface area contributed by atoms with Crippen molar-refractivity contribution in [3.63, 3.8) is 0 Å². The van der Waals surface area contributed by atoms with E-state index in [1.165, 1.54) is 12.1 Å². The van der Waals surface area contributed by atoms with Crippen LogP contribution in [0.3, 0.4) is 0 Å². The van der Waals surface area contributed by atoms with Gasteiger partial charge in [-0.25, -0.2) is 9.59 Å². The average Bonchev–Trinajstić information content (AvgIpc) is 2.59. The van der Waals surface area contributed by atoms with Gasteiger partial charge in [0.2, 0.25) is 0 Å². The SMILES string of the molecule is NC(=O)NCC1CCCN(C(=O)NCCc2ccccc2C(F)(F)F)C1. The highest BCUT2D eigenvalue weighted by Gasteiger charge is 2.32. The van der Waals surface area contributed by atoms with Gasteiger partial charge < -0.3 is 21.3 Å². The first-order valence-electron chi connectivity index (χ1n) is 8.48. The van der Waals surface area contributed by atoms with Crippen molar-refractivity contribution in [3.05, 3.63) is 35.4 Å². The molecule has 1 aliphatic heterocycles. The molecule has 0 radical (unpaired) electrons. The highest BCUT2D eigenvalue weighted by Crippen LogP contribution is 2.31. The molecule has 1 heterocycles. The summed E-state index contributed by atoms with van der Waals surface area (Å²) >= 11 is 0. The third-order valence-electron chi connectivity index (χ3n) is 4.36. The number of halogens is 3. The molecule has 4 amide bonds. The molecule has 0 aliphatic carbocycles. The van der Waals surface area contributed by atoms with E-state index in [0.29, 0.717) is 19.6 Å². The molecule has 2 rings (SSSR count). The summed E-state index contributed by atoms with van der Waals surface area (Å²) in [6, 6.07) is 4.44. The summed E-state index contributed by atoms with van der Waals surface area (Å²) in [7, 11) is 0. The third kappa shape index (κ3) is 5.82. The number of hydrogen-bond acceptors (Lipinski definition) is 2. The standard InChI is InChI=1S/C17H23F3N4O2/c18-17(19,20)14-6-2-1-5-13(14)7-8-22-16(26)24-9-3-4-12(11-24)10-23-15(21)25/h1-2,5-6,12H,3-4,7-11H2,(H,22,26)(H3,21,23,25). The number of nitrogens with one attached hydrogen (secondary N) is 2. The number of alkyl halides is 3. The number of primary amides is 1. The van der Waals surface area contributed by atoms with E-state index in [1.807, 2.05) is 0 Å². The van der Waals surface area contributed by atoms with Crippen LogP contribution in [0.15, 0.2) is 24.3 Å². The minimum absolute atomic E-state index is 0.0991. The van der Waals surface area contributed by atoms with E-state index >= 15 is 0 Å². The maximum Gasteiger partial charge on any atom is 0.416 e. The van der Waals surface area contributed by atoms with Gasteiger partial charge in [0.15, 0.2) is 0 Å². The lowest BCUT2D eigenvalue weighted by Gasteiger charge is -2.32. The Balaban J connectivity index is 1.83. The number of benzene rings is 1. The quantitative estimate of drug-likeness (QED) is 0.741. The minimum Gasteiger partial charge on any atom is -0.352 e. The molecule has 0 aromatic heterocycles. The third-order valence-corrected chi connectivity index (χ3v) is 4.36. The monoisotopic (exact) mass is 372 g/mol. The summed E-state index contributed by atoms with van der Waals surface area (Å²) in [6.07, 6.45) is -2.63. The predicted molar refractivity (Wildman–Crippen MR) is 90.4 cm³/mol. The summed E-state index contributed by atoms with van der Waals surface area (Å²) in [5, 5.41) is 5.21. The Morgan fingerprint density at radius 3 is 2.65 bits per heavy atom. The molecule has 9 heteroatoms. The molecular weight excluding hydrogens is 349 g/mol. The fourth-order valence-corrected chi connectivity index (χ4v) is 3.09. The number of hydrogen-bond donors (Lipinski definition) is 3. The van der Waals surface area contributed by atoms with Gasteiger partial charge in [-0.3, -0.25) is 0 Å². The van der Waals surface area contributed by atoms with Crippen LogP contribution in [0.5, 0.6) is 0 Å². The van der Waals surface area contributed by atoms with Gasteiger partial charge in [-0.1, -0.05) is 18.2 Å². The lowest BCUT2D eigenvalue weighted by Crippen LogP contribution is -2.48. The molecule has 1 aromatic carbocycles. The van der Waals surface area contributed by atoms with Gasteiger partial charge in [-0.05, 0) is 36.8 Å². The van der Waals surface area contributed by atoms with E-state index < -0.39 is 17.8 Å². The summed E-state index contributed by atoms with van der Waals surface area (Å²) in [5.41, 5.74) is 4.52. The predicted octanol–water partition coefficient (Wildman–Crippen LogP) is 2.34. The van der Waals surface area contributed by atoms with E-state index in [2.05, 4.69) is 10.6 Å². The van der Waals surface area contributed by atoms with Crippen LogP contribution in [-0.2, 0) is 12.6 Å². The Kier molecular flexibility index (Phi) is 6.70. The summed E-state index contributed by atoms with van der Waals surface area (Å²) < 4.78 is 38.9. The van der Waals surface area contributed by atoms with Crippen molar-refractivity contribution in [3.8, 4) is 0 Å². The highest BCUT2D eigenvalue weighted by molar-refractivity contribution is 5.74. The second-order valence-electron chi connectivity index (χ2n) is 6.34. The van der Waals surface area contributed by atoms with Gasteiger partial charge in [-0.2, -0.15) is 13.2 Å². The van der Waals surface area contributed by atoms with Crippen LogP contribution in [0, 0.1) is 5.92 Å². The number of carbonyl (C=O) groups is 2. The van der Waals surface area contributed by atoms with E-state index in [0.717, 1.165) is 18.9 Å². The topological polar surface area (TPSA) is 87.5 Å². The van der Waals surface area contributed by atoms with Gasteiger partial charge >= 0.3 is 18.2 Å². The van der Waals surface area contributed by atoms with Gasteiger partial charge in [0.25, 0.3) is 0 Å². The summed E-state index contributed by atoms with van der Waals surface area (Å²) in [6.45, 7) is 1.58. The van der Waals surface area contributed by atoms with Crippen LogP contribution in [0.2, 0.25) is 0 Å². The van der Waals surface area contributed by atoms with E-state index in [1.54, 1.807) is 11.0 Å². The molecular formula is C17H23F3N4O2. The van der Waals surface area contributed by atoms with Gasteiger partial charge in [0.05, 0.1) is 5.56 Å². The van der Waals surface area contributed by atoms with Crippen molar-refractivity contribution in [2.45, 2.75) is 25.4 Å². The van der Waals surface area contributed by atoms with Crippen molar-refractivity contribution in [1.82, 2.24) is 15.5 Å². The number of urea groups is 2. The zero-order valence-electron chi connectivity index (χ0n) is 14.3. The van der Waals surface area contributed by atoms with E-state index in [4.69, 9.17) is 5.73 Å². The lowest BCUT2D eigenvalue weighted by atomic mass is 9.98. The van der Waals surface area contributed by atoms with Crippen LogP contribution >= 0.6 is 0 Å². The van der Waals surface area contributed by atoms with Crippen molar-refractivity contribution >= 4 is 12.1 Å². The van der Waals surface area contributed by atoms with Gasteiger partial charge in [-0.15, -0.1) is 0 Å². The minimum atomic E-state index is -4.41. The normalized spacial score (nSPS) is 17.7. The first-order chi connectivity index (χ1) is 12.3. The zero-order valence-corrected chi connectivity index (χ0v) is 14.3. The molecule has 1 fully saturated rings. The summed E-state index contributed by atoms with van der Waals surface area (Å²) in [5.74, 6) is 0.118. The number of likely N-dealkylation sites (tertiary alicyclic amines) is 1. The largest absolute Gasteiger partial charge is 0.416 e. The molecule has 0 saturated carbocycles. The van der Waals surface area contributed by atoms with Crippen molar-refractivity contribution in [2.24, 2.45) is 11.7 Å². The van der Waals surface area contributed by atoms with Crippen LogP contribution < -0.4 is 16.4 Å². The number of nitrogens with two attached hydrogens (primary N) is 1. The highest BCUT2D eigenvalue weighted by atomic mass is 19.4. The fourth-order valence-electron chi connectivity index (χ4n) is 3.09. The molecule has 1 unspecified atom stereocenters. The van der Waals surface area contributed by atoms with Gasteiger partial charge in [0, 0.05) is 26.2 Å². The smallest absolute Gasteiger partial charge is 0.352 e. The molecule has 4 N–H and O–H groups in total. The van der Waals surface area contributed by atoms with Crippen molar-refractivity contribution < 1.29 is 22.8 Å². The Morgan fingerprint density at radius 1 is 1.23 bits per heavy atom. The number of nitrogens with zero attached hydrogens (tertiary/aromatic N) is 1. The maximum absolute atomic E-state index is 13.0. The number of amides is 4. The molecule has 6 nitrogen and oxygen atoms in total. The van der Waals surface area contributed by atoms with Crippen molar-refractivity contribution in [1.29, 1.82) is 0 Å². The molecule has 144 valence electrons. The van der Waals surface area contributed by atoms with Crippen molar-refractivity contribution in [2.75, 3.05) is 26.2 Å². The summed E-state index contributed by atoms with van der Waals surface area (Å²) in [4.78, 5) is 24.6. The Labute approximate surface area is 149 Å². The van der Waals surface area contributed by atoms with Gasteiger partial charge in [0.1, 0.15) is 0 Å². The molecule has 26 heavy (non-hydrogen) atoms. The Hall–Kier alpha value is -2.45. The number of piperidine rings is 1. The lowest BCUT2D eigenvalue weighted by molar-refractivity contribution is -0.138. The second kappa shape index (κ2) is 8.77. The van der Waals surface area contributed by atoms with E-state index in [-0.39, 0.29) is 30.5 Å². The van der Waals surface area contributed by atoms with E-state index in [9.17, 15) is 22.8 Å². The van der Waals surface area contributed by atoms with Crippen LogP contribution in [0.1, 0.15) is 24.0 Å². The number of rotatable bonds is 5. The van der Waals surface area contributed by atoms with Crippen LogP contribution in [-0.4, -0.2) is 43.1 Å². The second-order valence-corrected chi connectivity index (χ2v) is 6.34. The first-order valence-corrected chi connectivity index (χ1v) is 8.48. The Morgan fingerprint density at radius 2 is 1.96 bits per heavy atom. The van der Waals surface area contributed by atoms with Crippen LogP contribution in [0.25, 0.3) is 0 Å². The Bertz CT molecular complexity index is 637. The molecule has 1 aromatic rings. The molecule has 1 atom stereocenters.